The molecule has 0 aromatic carbocycles. The Kier molecular flexibility index (Phi) is 2.61. The topological polar surface area (TPSA) is 26.3 Å². The maximum atomic E-state index is 11.4. The molecule has 0 amide bonds. The first kappa shape index (κ1) is 10.7. The first-order valence-electron chi connectivity index (χ1n) is 5.93. The van der Waals surface area contributed by atoms with Gasteiger partial charge in [0.2, 0.25) is 0 Å². The summed E-state index contributed by atoms with van der Waals surface area (Å²) in [4.78, 5) is 11.4. The van der Waals surface area contributed by atoms with Gasteiger partial charge in [-0.15, -0.1) is 0 Å². The Morgan fingerprint density at radius 3 is 2.93 bits per heavy atom. The van der Waals surface area contributed by atoms with Crippen molar-refractivity contribution in [1.82, 2.24) is 0 Å². The van der Waals surface area contributed by atoms with Crippen LogP contribution < -0.4 is 0 Å². The molecular formula is C13H20O2. The SMILES string of the molecule is C=CC(=O)OC1(C)C(C)CC2CCCC21. The molecule has 0 N–H and O–H groups in total. The van der Waals surface area contributed by atoms with E-state index in [-0.39, 0.29) is 11.6 Å². The van der Waals surface area contributed by atoms with Gasteiger partial charge in [-0.2, -0.15) is 0 Å². The van der Waals surface area contributed by atoms with Gasteiger partial charge in [0, 0.05) is 12.0 Å². The monoisotopic (exact) mass is 208 g/mol. The second-order valence-electron chi connectivity index (χ2n) is 5.24. The van der Waals surface area contributed by atoms with E-state index < -0.39 is 0 Å². The van der Waals surface area contributed by atoms with E-state index in [9.17, 15) is 4.79 Å². The zero-order chi connectivity index (χ0) is 11.1. The van der Waals surface area contributed by atoms with E-state index in [1.165, 1.54) is 31.8 Å². The van der Waals surface area contributed by atoms with E-state index in [1.54, 1.807) is 0 Å². The van der Waals surface area contributed by atoms with Crippen LogP contribution in [0.25, 0.3) is 0 Å². The molecule has 4 unspecified atom stereocenters. The highest BCUT2D eigenvalue weighted by molar-refractivity contribution is 5.81. The van der Waals surface area contributed by atoms with Crippen molar-refractivity contribution in [3.8, 4) is 0 Å². The van der Waals surface area contributed by atoms with Crippen LogP contribution in [0.2, 0.25) is 0 Å². The van der Waals surface area contributed by atoms with Crippen molar-refractivity contribution in [3.63, 3.8) is 0 Å². The Balaban J connectivity index is 2.17. The second-order valence-corrected chi connectivity index (χ2v) is 5.24. The van der Waals surface area contributed by atoms with Gasteiger partial charge >= 0.3 is 5.97 Å². The fourth-order valence-electron chi connectivity index (χ4n) is 3.56. The smallest absolute Gasteiger partial charge is 0.330 e. The van der Waals surface area contributed by atoms with Gasteiger partial charge < -0.3 is 4.74 Å². The summed E-state index contributed by atoms with van der Waals surface area (Å²) in [6.07, 6.45) is 6.32. The number of carbonyl (C=O) groups excluding carboxylic acids is 1. The van der Waals surface area contributed by atoms with Crippen molar-refractivity contribution < 1.29 is 9.53 Å². The van der Waals surface area contributed by atoms with Gasteiger partial charge in [0.15, 0.2) is 0 Å². The number of esters is 1. The minimum Gasteiger partial charge on any atom is -0.456 e. The lowest BCUT2D eigenvalue weighted by Gasteiger charge is -2.34. The van der Waals surface area contributed by atoms with Gasteiger partial charge in [-0.3, -0.25) is 0 Å². The van der Waals surface area contributed by atoms with E-state index in [4.69, 9.17) is 4.74 Å². The number of ether oxygens (including phenoxy) is 1. The molecule has 2 aliphatic carbocycles. The van der Waals surface area contributed by atoms with Crippen LogP contribution in [0.1, 0.15) is 39.5 Å². The van der Waals surface area contributed by atoms with E-state index in [0.29, 0.717) is 11.8 Å². The summed E-state index contributed by atoms with van der Waals surface area (Å²) >= 11 is 0. The summed E-state index contributed by atoms with van der Waals surface area (Å²) in [5.74, 6) is 1.58. The summed E-state index contributed by atoms with van der Waals surface area (Å²) in [6, 6.07) is 0. The van der Waals surface area contributed by atoms with Gasteiger partial charge in [0.1, 0.15) is 5.60 Å². The van der Waals surface area contributed by atoms with Crippen molar-refractivity contribution in [2.75, 3.05) is 0 Å². The van der Waals surface area contributed by atoms with Crippen molar-refractivity contribution in [2.24, 2.45) is 17.8 Å². The maximum absolute atomic E-state index is 11.4. The van der Waals surface area contributed by atoms with Crippen molar-refractivity contribution in [2.45, 2.75) is 45.1 Å². The highest BCUT2D eigenvalue weighted by Gasteiger charge is 2.53. The minimum absolute atomic E-state index is 0.244. The quantitative estimate of drug-likeness (QED) is 0.515. The van der Waals surface area contributed by atoms with Crippen LogP contribution in [0.3, 0.4) is 0 Å². The summed E-state index contributed by atoms with van der Waals surface area (Å²) in [5, 5.41) is 0. The minimum atomic E-state index is -0.267. The molecule has 0 saturated heterocycles. The number of rotatable bonds is 2. The van der Waals surface area contributed by atoms with Gasteiger partial charge in [-0.05, 0) is 31.6 Å². The zero-order valence-electron chi connectivity index (χ0n) is 9.66. The first-order valence-corrected chi connectivity index (χ1v) is 5.93. The number of carbonyl (C=O) groups is 1. The Hall–Kier alpha value is -0.790. The van der Waals surface area contributed by atoms with Crippen molar-refractivity contribution >= 4 is 5.97 Å². The van der Waals surface area contributed by atoms with Crippen LogP contribution in [-0.4, -0.2) is 11.6 Å². The Bertz CT molecular complexity index is 284. The standard InChI is InChI=1S/C13H20O2/c1-4-12(14)15-13(3)9(2)8-10-6-5-7-11(10)13/h4,9-11H,1,5-8H2,2-3H3. The predicted octanol–water partition coefficient (Wildman–Crippen LogP) is 2.93. The Morgan fingerprint density at radius 2 is 2.27 bits per heavy atom. The fourth-order valence-corrected chi connectivity index (χ4v) is 3.56. The van der Waals surface area contributed by atoms with Crippen LogP contribution in [0.15, 0.2) is 12.7 Å². The average Bonchev–Trinajstić information content (AvgIpc) is 2.72. The van der Waals surface area contributed by atoms with Crippen LogP contribution >= 0.6 is 0 Å². The summed E-state index contributed by atoms with van der Waals surface area (Å²) in [7, 11) is 0. The molecule has 2 fully saturated rings. The number of hydrogen-bond donors (Lipinski definition) is 0. The molecule has 0 spiro atoms. The molecule has 15 heavy (non-hydrogen) atoms. The molecule has 84 valence electrons. The van der Waals surface area contributed by atoms with Gasteiger partial charge in [-0.1, -0.05) is 26.3 Å². The predicted molar refractivity (Wildman–Crippen MR) is 59.3 cm³/mol. The second kappa shape index (κ2) is 3.66. The maximum Gasteiger partial charge on any atom is 0.330 e. The lowest BCUT2D eigenvalue weighted by Crippen LogP contribution is -2.40. The normalized spacial score (nSPS) is 43.7. The molecule has 2 aliphatic rings. The molecule has 2 nitrogen and oxygen atoms in total. The molecule has 0 bridgehead atoms. The van der Waals surface area contributed by atoms with Crippen molar-refractivity contribution in [3.05, 3.63) is 12.7 Å². The summed E-state index contributed by atoms with van der Waals surface area (Å²) in [6.45, 7) is 7.78. The van der Waals surface area contributed by atoms with Crippen molar-refractivity contribution in [1.29, 1.82) is 0 Å². The lowest BCUT2D eigenvalue weighted by molar-refractivity contribution is -0.160. The molecule has 0 radical (unpaired) electrons. The highest BCUT2D eigenvalue weighted by atomic mass is 16.6. The average molecular weight is 208 g/mol. The van der Waals surface area contributed by atoms with Crippen LogP contribution in [0.5, 0.6) is 0 Å². The molecular weight excluding hydrogens is 188 g/mol. The fraction of sp³-hybridized carbons (Fsp3) is 0.769. The molecule has 0 aliphatic heterocycles. The Morgan fingerprint density at radius 1 is 1.53 bits per heavy atom. The largest absolute Gasteiger partial charge is 0.456 e. The molecule has 2 rings (SSSR count). The molecule has 0 heterocycles. The summed E-state index contributed by atoms with van der Waals surface area (Å²) in [5.41, 5.74) is -0.244. The zero-order valence-corrected chi connectivity index (χ0v) is 9.66. The van der Waals surface area contributed by atoms with E-state index in [2.05, 4.69) is 20.4 Å². The third-order valence-corrected chi connectivity index (χ3v) is 4.52. The molecule has 2 saturated carbocycles. The molecule has 0 aromatic heterocycles. The van der Waals surface area contributed by atoms with Crippen LogP contribution in [0, 0.1) is 17.8 Å². The summed E-state index contributed by atoms with van der Waals surface area (Å²) < 4.78 is 5.62. The molecule has 4 atom stereocenters. The van der Waals surface area contributed by atoms with E-state index >= 15 is 0 Å². The third kappa shape index (κ3) is 1.60. The van der Waals surface area contributed by atoms with Crippen LogP contribution in [0.4, 0.5) is 0 Å². The first-order chi connectivity index (χ1) is 7.08. The van der Waals surface area contributed by atoms with E-state index in [0.717, 1.165) is 5.92 Å². The third-order valence-electron chi connectivity index (χ3n) is 4.52. The van der Waals surface area contributed by atoms with Crippen LogP contribution in [-0.2, 0) is 9.53 Å². The lowest BCUT2D eigenvalue weighted by atomic mass is 9.85. The molecule has 2 heteroatoms. The van der Waals surface area contributed by atoms with Gasteiger partial charge in [-0.25, -0.2) is 4.79 Å². The van der Waals surface area contributed by atoms with Gasteiger partial charge in [0.25, 0.3) is 0 Å². The van der Waals surface area contributed by atoms with Gasteiger partial charge in [0.05, 0.1) is 0 Å². The number of hydrogen-bond acceptors (Lipinski definition) is 2. The Labute approximate surface area is 91.7 Å². The van der Waals surface area contributed by atoms with E-state index in [1.807, 2.05) is 0 Å². The highest BCUT2D eigenvalue weighted by Crippen LogP contribution is 2.54. The number of fused-ring (bicyclic) bond motifs is 1. The molecule has 0 aromatic rings.